The molecule has 0 fully saturated rings. The quantitative estimate of drug-likeness (QED) is 0.664. The van der Waals surface area contributed by atoms with Crippen LogP contribution in [0.2, 0.25) is 0 Å². The number of nitrogens with two attached hydrogens (primary N) is 1. The van der Waals surface area contributed by atoms with Gasteiger partial charge in [0.1, 0.15) is 22.5 Å². The molecular formula is C17H15FN2O3S. The fourth-order valence-corrected chi connectivity index (χ4v) is 3.26. The molecule has 0 spiro atoms. The number of ether oxygens (including phenoxy) is 1. The lowest BCUT2D eigenvalue weighted by Crippen LogP contribution is -2.06. The molecule has 0 radical (unpaired) electrons. The monoisotopic (exact) mass is 346 g/mol. The number of methoxy groups -OCH3 is 1. The van der Waals surface area contributed by atoms with Gasteiger partial charge in [0.2, 0.25) is 0 Å². The van der Waals surface area contributed by atoms with Crippen molar-refractivity contribution < 1.29 is 17.5 Å². The summed E-state index contributed by atoms with van der Waals surface area (Å²) in [7, 11) is -2.33. The summed E-state index contributed by atoms with van der Waals surface area (Å²) < 4.78 is 43.0. The van der Waals surface area contributed by atoms with Crippen LogP contribution in [-0.4, -0.2) is 15.5 Å². The number of rotatable bonds is 5. The Morgan fingerprint density at radius 2 is 1.96 bits per heavy atom. The normalized spacial score (nSPS) is 11.8. The maximum atomic E-state index is 13.2. The highest BCUT2D eigenvalue weighted by atomic mass is 32.2. The highest BCUT2D eigenvalue weighted by Crippen LogP contribution is 2.21. The van der Waals surface area contributed by atoms with Crippen molar-refractivity contribution in [3.8, 4) is 11.8 Å². The van der Waals surface area contributed by atoms with Gasteiger partial charge in [-0.1, -0.05) is 18.2 Å². The number of anilines is 1. The Bertz CT molecular complexity index is 914. The topological polar surface area (TPSA) is 93.2 Å². The zero-order chi connectivity index (χ0) is 17.7. The van der Waals surface area contributed by atoms with Gasteiger partial charge in [-0.05, 0) is 41.5 Å². The van der Waals surface area contributed by atoms with Gasteiger partial charge in [0.25, 0.3) is 0 Å². The lowest BCUT2D eigenvalue weighted by atomic mass is 10.2. The molecule has 0 aliphatic carbocycles. The van der Waals surface area contributed by atoms with Crippen molar-refractivity contribution in [2.45, 2.75) is 5.75 Å². The van der Waals surface area contributed by atoms with E-state index in [-0.39, 0.29) is 11.4 Å². The Kier molecular flexibility index (Phi) is 5.21. The molecule has 7 heteroatoms. The van der Waals surface area contributed by atoms with E-state index < -0.39 is 20.6 Å². The molecule has 0 aliphatic rings. The lowest BCUT2D eigenvalue weighted by Gasteiger charge is -2.05. The molecule has 0 saturated heterocycles. The molecule has 0 saturated carbocycles. The number of hydrogen-bond acceptors (Lipinski definition) is 5. The Balaban J connectivity index is 2.31. The molecule has 2 N–H and O–H groups in total. The Labute approximate surface area is 139 Å². The largest absolute Gasteiger partial charge is 0.497 e. The predicted molar refractivity (Wildman–Crippen MR) is 90.0 cm³/mol. The van der Waals surface area contributed by atoms with Gasteiger partial charge in [-0.3, -0.25) is 0 Å². The van der Waals surface area contributed by atoms with Crippen molar-refractivity contribution in [2.24, 2.45) is 0 Å². The van der Waals surface area contributed by atoms with Gasteiger partial charge >= 0.3 is 0 Å². The average molecular weight is 346 g/mol. The molecule has 0 atom stereocenters. The van der Waals surface area contributed by atoms with Crippen molar-refractivity contribution >= 4 is 21.6 Å². The summed E-state index contributed by atoms with van der Waals surface area (Å²) in [6.07, 6.45) is 1.18. The van der Waals surface area contributed by atoms with Gasteiger partial charge in [0, 0.05) is 0 Å². The molecule has 124 valence electrons. The first-order valence-electron chi connectivity index (χ1n) is 6.88. The summed E-state index contributed by atoms with van der Waals surface area (Å²) in [5, 5.41) is 9.18. The molecule has 2 rings (SSSR count). The third-order valence-electron chi connectivity index (χ3n) is 3.28. The molecule has 0 heterocycles. The third-order valence-corrected chi connectivity index (χ3v) is 4.87. The summed E-state index contributed by atoms with van der Waals surface area (Å²) in [5.41, 5.74) is 6.19. The SMILES string of the molecule is COc1ccc(CS(=O)(=O)/C(C#N)=C\c2ccc(F)c(N)c2)cc1. The van der Waals surface area contributed by atoms with Crippen LogP contribution in [0.5, 0.6) is 5.75 Å². The summed E-state index contributed by atoms with van der Waals surface area (Å²) in [5.74, 6) is -0.326. The van der Waals surface area contributed by atoms with Gasteiger partial charge in [-0.25, -0.2) is 12.8 Å². The number of allylic oxidation sites excluding steroid dienone is 1. The second kappa shape index (κ2) is 7.15. The fraction of sp³-hybridized carbons (Fsp3) is 0.118. The minimum absolute atomic E-state index is 0.117. The van der Waals surface area contributed by atoms with Crippen LogP contribution < -0.4 is 10.5 Å². The maximum absolute atomic E-state index is 13.2. The number of sulfone groups is 1. The van der Waals surface area contributed by atoms with Crippen LogP contribution in [0.1, 0.15) is 11.1 Å². The van der Waals surface area contributed by atoms with E-state index in [4.69, 9.17) is 10.5 Å². The minimum atomic E-state index is -3.84. The molecule has 5 nitrogen and oxygen atoms in total. The van der Waals surface area contributed by atoms with E-state index >= 15 is 0 Å². The summed E-state index contributed by atoms with van der Waals surface area (Å²) >= 11 is 0. The van der Waals surface area contributed by atoms with Crippen molar-refractivity contribution in [2.75, 3.05) is 12.8 Å². The van der Waals surface area contributed by atoms with Crippen LogP contribution in [0.3, 0.4) is 0 Å². The van der Waals surface area contributed by atoms with E-state index in [1.807, 2.05) is 0 Å². The van der Waals surface area contributed by atoms with E-state index in [1.165, 1.54) is 25.3 Å². The molecule has 0 aliphatic heterocycles. The van der Waals surface area contributed by atoms with Crippen LogP contribution in [0.4, 0.5) is 10.1 Å². The fourth-order valence-electron chi connectivity index (χ4n) is 2.01. The van der Waals surface area contributed by atoms with E-state index in [2.05, 4.69) is 0 Å². The maximum Gasteiger partial charge on any atom is 0.192 e. The van der Waals surface area contributed by atoms with Crippen molar-refractivity contribution in [1.82, 2.24) is 0 Å². The van der Waals surface area contributed by atoms with E-state index in [0.29, 0.717) is 16.9 Å². The van der Waals surface area contributed by atoms with E-state index in [9.17, 15) is 18.1 Å². The van der Waals surface area contributed by atoms with Gasteiger partial charge in [0.05, 0.1) is 18.6 Å². The lowest BCUT2D eigenvalue weighted by molar-refractivity contribution is 0.414. The van der Waals surface area contributed by atoms with E-state index in [1.54, 1.807) is 30.3 Å². The molecule has 0 unspecified atom stereocenters. The number of halogens is 1. The second-order valence-corrected chi connectivity index (χ2v) is 6.97. The first-order chi connectivity index (χ1) is 11.4. The first-order valence-corrected chi connectivity index (χ1v) is 8.53. The van der Waals surface area contributed by atoms with Crippen molar-refractivity contribution in [3.63, 3.8) is 0 Å². The Morgan fingerprint density at radius 1 is 1.29 bits per heavy atom. The van der Waals surface area contributed by atoms with Crippen LogP contribution in [0.15, 0.2) is 47.4 Å². The van der Waals surface area contributed by atoms with E-state index in [0.717, 1.165) is 6.07 Å². The Hall–Kier alpha value is -2.85. The smallest absolute Gasteiger partial charge is 0.192 e. The average Bonchev–Trinajstić information content (AvgIpc) is 2.56. The van der Waals surface area contributed by atoms with Crippen LogP contribution in [0.25, 0.3) is 6.08 Å². The van der Waals surface area contributed by atoms with Crippen molar-refractivity contribution in [3.05, 3.63) is 64.3 Å². The predicted octanol–water partition coefficient (Wildman–Crippen LogP) is 2.90. The number of nitrogen functional groups attached to an aromatic ring is 1. The second-order valence-electron chi connectivity index (χ2n) is 5.01. The zero-order valence-electron chi connectivity index (χ0n) is 12.9. The number of benzene rings is 2. The van der Waals surface area contributed by atoms with Gasteiger partial charge in [0.15, 0.2) is 9.84 Å². The molecule has 2 aromatic rings. The molecule has 24 heavy (non-hydrogen) atoms. The number of nitrogens with zero attached hydrogens (tertiary/aromatic N) is 1. The van der Waals surface area contributed by atoms with Gasteiger partial charge in [-0.2, -0.15) is 5.26 Å². The minimum Gasteiger partial charge on any atom is -0.497 e. The molecular weight excluding hydrogens is 331 g/mol. The van der Waals surface area contributed by atoms with Crippen LogP contribution >= 0.6 is 0 Å². The molecule has 0 aromatic heterocycles. The highest BCUT2D eigenvalue weighted by molar-refractivity contribution is 7.95. The number of hydrogen-bond donors (Lipinski definition) is 1. The van der Waals surface area contributed by atoms with Crippen LogP contribution in [0, 0.1) is 17.1 Å². The summed E-state index contributed by atoms with van der Waals surface area (Å²) in [6.45, 7) is 0. The summed E-state index contributed by atoms with van der Waals surface area (Å²) in [4.78, 5) is -0.413. The van der Waals surface area contributed by atoms with Gasteiger partial charge in [-0.15, -0.1) is 0 Å². The van der Waals surface area contributed by atoms with Crippen molar-refractivity contribution in [1.29, 1.82) is 5.26 Å². The highest BCUT2D eigenvalue weighted by Gasteiger charge is 2.19. The summed E-state index contributed by atoms with van der Waals surface area (Å²) in [6, 6.07) is 11.9. The van der Waals surface area contributed by atoms with Gasteiger partial charge < -0.3 is 10.5 Å². The number of nitriles is 1. The standard InChI is InChI=1S/C17H15FN2O3S/c1-23-14-5-2-12(3-6-14)11-24(21,22)15(10-19)8-13-4-7-16(18)17(20)9-13/h2-9H,11,20H2,1H3/b15-8-. The third kappa shape index (κ3) is 4.12. The molecule has 2 aromatic carbocycles. The molecule has 0 bridgehead atoms. The van der Waals surface area contributed by atoms with Crippen LogP contribution in [-0.2, 0) is 15.6 Å². The molecule has 0 amide bonds. The first kappa shape index (κ1) is 17.5. The zero-order valence-corrected chi connectivity index (χ0v) is 13.7. The Morgan fingerprint density at radius 3 is 2.50 bits per heavy atom.